The number of halogens is 2. The van der Waals surface area contributed by atoms with E-state index in [2.05, 4.69) is 24.9 Å². The highest BCUT2D eigenvalue weighted by Crippen LogP contribution is 2.29. The molecule has 0 unspecified atom stereocenters. The van der Waals surface area contributed by atoms with Crippen LogP contribution >= 0.6 is 0 Å². The molecule has 0 saturated heterocycles. The molecule has 0 spiro atoms. The number of aromatic amines is 2. The lowest BCUT2D eigenvalue weighted by Gasteiger charge is -2.11. The van der Waals surface area contributed by atoms with Crippen LogP contribution < -0.4 is 4.72 Å². The second-order valence-electron chi connectivity index (χ2n) is 6.83. The van der Waals surface area contributed by atoms with Gasteiger partial charge in [0.15, 0.2) is 5.82 Å². The zero-order chi connectivity index (χ0) is 22.2. The number of hydrogen-bond acceptors (Lipinski definition) is 5. The van der Waals surface area contributed by atoms with Crippen LogP contribution in [0.3, 0.4) is 0 Å². The van der Waals surface area contributed by atoms with E-state index in [1.807, 2.05) is 0 Å². The van der Waals surface area contributed by atoms with E-state index in [9.17, 15) is 17.6 Å². The van der Waals surface area contributed by atoms with E-state index < -0.39 is 38.7 Å². The van der Waals surface area contributed by atoms with Gasteiger partial charge in [0, 0.05) is 35.1 Å². The third kappa shape index (κ3) is 3.91. The number of aromatic nitrogens is 4. The molecule has 0 aliphatic rings. The number of rotatable bonds is 7. The molecule has 11 heteroatoms. The molecular formula is C20H17F2N5O3S. The molecule has 0 aliphatic heterocycles. The molecule has 1 aromatic carbocycles. The zero-order valence-corrected chi connectivity index (χ0v) is 17.1. The lowest BCUT2D eigenvalue weighted by atomic mass is 10.0. The summed E-state index contributed by atoms with van der Waals surface area (Å²) in [4.78, 5) is 20.1. The highest BCUT2D eigenvalue weighted by Gasteiger charge is 2.26. The molecule has 0 saturated carbocycles. The number of nitrogens with one attached hydrogen (secondary N) is 3. The van der Waals surface area contributed by atoms with Crippen molar-refractivity contribution in [1.29, 1.82) is 0 Å². The minimum Gasteiger partial charge on any atom is -0.345 e. The van der Waals surface area contributed by atoms with Crippen molar-refractivity contribution in [2.75, 3.05) is 10.5 Å². The Kier molecular flexibility index (Phi) is 5.27. The molecule has 4 aromatic rings. The summed E-state index contributed by atoms with van der Waals surface area (Å²) in [6.07, 6.45) is 4.73. The topological polar surface area (TPSA) is 121 Å². The van der Waals surface area contributed by atoms with E-state index >= 15 is 4.39 Å². The van der Waals surface area contributed by atoms with Gasteiger partial charge in [-0.1, -0.05) is 6.92 Å². The third-order valence-corrected chi connectivity index (χ3v) is 6.12. The minimum absolute atomic E-state index is 0.00442. The van der Waals surface area contributed by atoms with E-state index in [1.54, 1.807) is 31.5 Å². The van der Waals surface area contributed by atoms with E-state index in [-0.39, 0.29) is 11.3 Å². The van der Waals surface area contributed by atoms with Crippen LogP contribution in [-0.2, 0) is 10.0 Å². The van der Waals surface area contributed by atoms with Crippen molar-refractivity contribution < 1.29 is 22.0 Å². The first-order valence-corrected chi connectivity index (χ1v) is 11.0. The summed E-state index contributed by atoms with van der Waals surface area (Å²) in [5, 5.41) is 7.00. The standard InChI is InChI=1S/C20H17F2N5O3S/c1-2-7-31(29,30)27-16-4-3-14(21)17(18(16)22)19(28)13-10-24-20-12(13)8-11(9-23-20)15-5-6-25-26-15/h3-6,8-10,27H,2,7H2,1H3,(H,23,24)(H,25,26). The Hall–Kier alpha value is -3.60. The summed E-state index contributed by atoms with van der Waals surface area (Å²) in [7, 11) is -3.83. The largest absolute Gasteiger partial charge is 0.345 e. The number of ketones is 1. The van der Waals surface area contributed by atoms with Gasteiger partial charge in [-0.05, 0) is 30.7 Å². The second-order valence-corrected chi connectivity index (χ2v) is 8.67. The number of H-pyrrole nitrogens is 2. The van der Waals surface area contributed by atoms with Crippen molar-refractivity contribution in [3.63, 3.8) is 0 Å². The average molecular weight is 445 g/mol. The maximum Gasteiger partial charge on any atom is 0.232 e. The molecule has 0 atom stereocenters. The molecular weight excluding hydrogens is 428 g/mol. The zero-order valence-electron chi connectivity index (χ0n) is 16.2. The fourth-order valence-electron chi connectivity index (χ4n) is 3.22. The summed E-state index contributed by atoms with van der Waals surface area (Å²) in [5.74, 6) is -3.57. The van der Waals surface area contributed by atoms with Crippen LogP contribution in [0.4, 0.5) is 14.5 Å². The lowest BCUT2D eigenvalue weighted by molar-refractivity contribution is 0.103. The Morgan fingerprint density at radius 2 is 2.03 bits per heavy atom. The quantitative estimate of drug-likeness (QED) is 0.375. The van der Waals surface area contributed by atoms with Gasteiger partial charge in [0.25, 0.3) is 0 Å². The van der Waals surface area contributed by atoms with Crippen LogP contribution in [-0.4, -0.2) is 40.1 Å². The molecule has 31 heavy (non-hydrogen) atoms. The summed E-state index contributed by atoms with van der Waals surface area (Å²) < 4.78 is 55.6. The molecule has 0 fully saturated rings. The first-order chi connectivity index (χ1) is 14.8. The van der Waals surface area contributed by atoms with Gasteiger partial charge in [-0.3, -0.25) is 14.6 Å². The van der Waals surface area contributed by atoms with Gasteiger partial charge in [-0.15, -0.1) is 0 Å². The van der Waals surface area contributed by atoms with Crippen molar-refractivity contribution in [1.82, 2.24) is 20.2 Å². The van der Waals surface area contributed by atoms with Gasteiger partial charge >= 0.3 is 0 Å². The molecule has 0 aliphatic carbocycles. The number of fused-ring (bicyclic) bond motifs is 1. The number of hydrogen-bond donors (Lipinski definition) is 3. The van der Waals surface area contributed by atoms with Gasteiger partial charge in [0.05, 0.1) is 22.7 Å². The van der Waals surface area contributed by atoms with Gasteiger partial charge < -0.3 is 4.98 Å². The molecule has 8 nitrogen and oxygen atoms in total. The molecule has 0 amide bonds. The van der Waals surface area contributed by atoms with Gasteiger partial charge in [0.2, 0.25) is 15.8 Å². The molecule has 3 aromatic heterocycles. The number of carbonyl (C=O) groups excluding carboxylic acids is 1. The highest BCUT2D eigenvalue weighted by atomic mass is 32.2. The van der Waals surface area contributed by atoms with Crippen molar-refractivity contribution >= 4 is 32.5 Å². The maximum absolute atomic E-state index is 15.0. The van der Waals surface area contributed by atoms with E-state index in [1.165, 1.54) is 6.20 Å². The predicted molar refractivity (Wildman–Crippen MR) is 111 cm³/mol. The SMILES string of the molecule is CCCS(=O)(=O)Nc1ccc(F)c(C(=O)c2c[nH]c3ncc(-c4ccn[nH]4)cc23)c1F. The number of nitrogens with zero attached hydrogens (tertiary/aromatic N) is 2. The Bertz CT molecular complexity index is 1380. The van der Waals surface area contributed by atoms with Crippen molar-refractivity contribution in [3.05, 3.63) is 65.6 Å². The van der Waals surface area contributed by atoms with Gasteiger partial charge in [0.1, 0.15) is 11.5 Å². The fraction of sp³-hybridized carbons (Fsp3) is 0.150. The van der Waals surface area contributed by atoms with E-state index in [4.69, 9.17) is 0 Å². The van der Waals surface area contributed by atoms with Crippen LogP contribution in [0.15, 0.2) is 42.9 Å². The minimum atomic E-state index is -3.83. The third-order valence-electron chi connectivity index (χ3n) is 4.64. The molecule has 3 N–H and O–H groups in total. The Morgan fingerprint density at radius 1 is 1.23 bits per heavy atom. The van der Waals surface area contributed by atoms with E-state index in [0.29, 0.717) is 28.7 Å². The molecule has 0 radical (unpaired) electrons. The lowest BCUT2D eigenvalue weighted by Crippen LogP contribution is -2.18. The Morgan fingerprint density at radius 3 is 2.74 bits per heavy atom. The number of sulfonamides is 1. The van der Waals surface area contributed by atoms with Crippen LogP contribution in [0.5, 0.6) is 0 Å². The van der Waals surface area contributed by atoms with Crippen molar-refractivity contribution in [2.45, 2.75) is 13.3 Å². The van der Waals surface area contributed by atoms with Gasteiger partial charge in [-0.25, -0.2) is 22.2 Å². The highest BCUT2D eigenvalue weighted by molar-refractivity contribution is 7.92. The normalized spacial score (nSPS) is 11.7. The Labute approximate surface area is 175 Å². The van der Waals surface area contributed by atoms with Crippen molar-refractivity contribution in [2.24, 2.45) is 0 Å². The van der Waals surface area contributed by atoms with E-state index in [0.717, 1.165) is 12.1 Å². The second kappa shape index (κ2) is 7.91. The molecule has 0 bridgehead atoms. The van der Waals surface area contributed by atoms with Crippen LogP contribution in [0.1, 0.15) is 29.3 Å². The Balaban J connectivity index is 1.79. The maximum atomic E-state index is 15.0. The summed E-state index contributed by atoms with van der Waals surface area (Å²) in [6, 6.07) is 5.15. The smallest absolute Gasteiger partial charge is 0.232 e. The molecule has 160 valence electrons. The number of pyridine rings is 1. The van der Waals surface area contributed by atoms with Gasteiger partial charge in [-0.2, -0.15) is 5.10 Å². The summed E-state index contributed by atoms with van der Waals surface area (Å²) >= 11 is 0. The average Bonchev–Trinajstić information content (AvgIpc) is 3.39. The van der Waals surface area contributed by atoms with Crippen LogP contribution in [0, 0.1) is 11.6 Å². The first-order valence-electron chi connectivity index (χ1n) is 9.31. The first kappa shape index (κ1) is 20.7. The monoisotopic (exact) mass is 445 g/mol. The van der Waals surface area contributed by atoms with Crippen LogP contribution in [0.25, 0.3) is 22.3 Å². The van der Waals surface area contributed by atoms with Crippen molar-refractivity contribution in [3.8, 4) is 11.3 Å². The number of carbonyl (C=O) groups is 1. The molecule has 4 rings (SSSR count). The summed E-state index contributed by atoms with van der Waals surface area (Å²) in [6.45, 7) is 1.65. The van der Waals surface area contributed by atoms with Crippen LogP contribution in [0.2, 0.25) is 0 Å². The molecule has 3 heterocycles. The predicted octanol–water partition coefficient (Wildman–Crippen LogP) is 3.61. The number of anilines is 1. The fourth-order valence-corrected chi connectivity index (χ4v) is 4.35. The number of benzene rings is 1. The summed E-state index contributed by atoms with van der Waals surface area (Å²) in [5.41, 5.74) is 0.278.